The summed E-state index contributed by atoms with van der Waals surface area (Å²) in [6.07, 6.45) is 1.08. The van der Waals surface area contributed by atoms with Gasteiger partial charge in [0.2, 0.25) is 0 Å². The Kier molecular flexibility index (Phi) is 4.79. The van der Waals surface area contributed by atoms with Crippen LogP contribution >= 0.6 is 9.24 Å². The highest BCUT2D eigenvalue weighted by molar-refractivity contribution is 7.19. The van der Waals surface area contributed by atoms with Crippen LogP contribution in [0.15, 0.2) is 83.0 Å². The summed E-state index contributed by atoms with van der Waals surface area (Å²) in [5, 5.41) is -0.0688. The summed E-state index contributed by atoms with van der Waals surface area (Å²) in [6, 6.07) is 21.8. The molecule has 0 heterocycles. The van der Waals surface area contributed by atoms with Crippen LogP contribution in [0.1, 0.15) is 45.2 Å². The lowest BCUT2D eigenvalue weighted by Crippen LogP contribution is -2.24. The Balaban J connectivity index is 2.08. The number of benzene rings is 2. The molecule has 0 N–H and O–H groups in total. The SMILES string of the molecule is CC1=C(C)C(CC(P)(c2ccccc2)c2ccccc2)C(C)=C1C. The third kappa shape index (κ3) is 2.89. The minimum absolute atomic E-state index is 0.0688. The summed E-state index contributed by atoms with van der Waals surface area (Å²) >= 11 is 0. The predicted octanol–water partition coefficient (Wildman–Crippen LogP) is 6.50. The van der Waals surface area contributed by atoms with Gasteiger partial charge in [-0.15, -0.1) is 9.24 Å². The maximum atomic E-state index is 3.19. The Labute approximate surface area is 148 Å². The molecule has 0 amide bonds. The van der Waals surface area contributed by atoms with Crippen LogP contribution < -0.4 is 0 Å². The van der Waals surface area contributed by atoms with E-state index in [1.807, 2.05) is 0 Å². The summed E-state index contributed by atoms with van der Waals surface area (Å²) in [5.74, 6) is 0.517. The molecule has 1 aliphatic rings. The summed E-state index contributed by atoms with van der Waals surface area (Å²) < 4.78 is 0. The van der Waals surface area contributed by atoms with Crippen LogP contribution in [0.4, 0.5) is 0 Å². The van der Waals surface area contributed by atoms with Gasteiger partial charge in [-0.1, -0.05) is 71.8 Å². The van der Waals surface area contributed by atoms with E-state index >= 15 is 0 Å². The van der Waals surface area contributed by atoms with Crippen molar-refractivity contribution in [3.63, 3.8) is 0 Å². The first-order chi connectivity index (χ1) is 11.4. The highest BCUT2D eigenvalue weighted by Crippen LogP contribution is 2.49. The molecule has 0 aromatic heterocycles. The van der Waals surface area contributed by atoms with Crippen molar-refractivity contribution in [2.75, 3.05) is 0 Å². The quantitative estimate of drug-likeness (QED) is 0.560. The van der Waals surface area contributed by atoms with E-state index in [0.717, 1.165) is 6.42 Å². The largest absolute Gasteiger partial charge is 0.122 e. The second-order valence-corrected chi connectivity index (χ2v) is 8.06. The van der Waals surface area contributed by atoms with Gasteiger partial charge in [0.1, 0.15) is 0 Å². The van der Waals surface area contributed by atoms with Crippen molar-refractivity contribution in [2.24, 2.45) is 5.92 Å². The lowest BCUT2D eigenvalue weighted by Gasteiger charge is -2.34. The molecule has 2 aromatic rings. The normalized spacial score (nSPS) is 16.2. The minimum atomic E-state index is -0.0688. The Hall–Kier alpha value is -1.65. The van der Waals surface area contributed by atoms with Gasteiger partial charge in [-0.3, -0.25) is 0 Å². The number of hydrogen-bond acceptors (Lipinski definition) is 0. The smallest absolute Gasteiger partial charge is 0.0353 e. The third-order valence-corrected chi connectivity index (χ3v) is 6.80. The van der Waals surface area contributed by atoms with Crippen molar-refractivity contribution < 1.29 is 0 Å². The molecule has 1 unspecified atom stereocenters. The zero-order chi connectivity index (χ0) is 17.3. The van der Waals surface area contributed by atoms with Crippen LogP contribution in [-0.4, -0.2) is 0 Å². The van der Waals surface area contributed by atoms with Crippen molar-refractivity contribution in [1.29, 1.82) is 0 Å². The molecule has 2 aromatic carbocycles. The van der Waals surface area contributed by atoms with E-state index in [2.05, 4.69) is 97.6 Å². The van der Waals surface area contributed by atoms with E-state index in [1.54, 1.807) is 0 Å². The number of allylic oxidation sites excluding steroid dienone is 4. The van der Waals surface area contributed by atoms with Gasteiger partial charge in [0.25, 0.3) is 0 Å². The lowest BCUT2D eigenvalue weighted by atomic mass is 9.79. The third-order valence-electron chi connectivity index (χ3n) is 5.89. The summed E-state index contributed by atoms with van der Waals surface area (Å²) in [5.41, 5.74) is 8.75. The average Bonchev–Trinajstić information content (AvgIpc) is 2.81. The molecule has 0 aliphatic heterocycles. The van der Waals surface area contributed by atoms with Gasteiger partial charge in [0.15, 0.2) is 0 Å². The zero-order valence-corrected chi connectivity index (χ0v) is 16.3. The van der Waals surface area contributed by atoms with Gasteiger partial charge in [0, 0.05) is 11.1 Å². The van der Waals surface area contributed by atoms with Gasteiger partial charge in [0.05, 0.1) is 0 Å². The molecule has 0 nitrogen and oxygen atoms in total. The van der Waals surface area contributed by atoms with Gasteiger partial charge in [-0.25, -0.2) is 0 Å². The fraction of sp³-hybridized carbons (Fsp3) is 0.304. The molecule has 24 heavy (non-hydrogen) atoms. The molecule has 0 radical (unpaired) electrons. The van der Waals surface area contributed by atoms with Crippen molar-refractivity contribution in [1.82, 2.24) is 0 Å². The first-order valence-electron chi connectivity index (χ1n) is 8.70. The fourth-order valence-corrected chi connectivity index (χ4v) is 4.56. The summed E-state index contributed by atoms with van der Waals surface area (Å²) in [6.45, 7) is 9.15. The molecular weight excluding hydrogens is 307 g/mol. The standard InChI is InChI=1S/C23H27P/c1-16-17(2)19(4)22(18(16)3)15-23(24,20-11-7-5-8-12-20)21-13-9-6-10-14-21/h5-14,22H,15,24H2,1-4H3. The predicted molar refractivity (Wildman–Crippen MR) is 108 cm³/mol. The van der Waals surface area contributed by atoms with Crippen molar-refractivity contribution >= 4 is 9.24 Å². The molecule has 124 valence electrons. The molecule has 3 rings (SSSR count). The lowest BCUT2D eigenvalue weighted by molar-refractivity contribution is 0.554. The molecule has 1 atom stereocenters. The Morgan fingerprint density at radius 1 is 0.708 bits per heavy atom. The summed E-state index contributed by atoms with van der Waals surface area (Å²) in [4.78, 5) is 0. The zero-order valence-electron chi connectivity index (χ0n) is 15.1. The second-order valence-electron chi connectivity index (χ2n) is 7.08. The molecule has 1 aliphatic carbocycles. The van der Waals surface area contributed by atoms with Crippen LogP contribution in [0.5, 0.6) is 0 Å². The number of rotatable bonds is 4. The van der Waals surface area contributed by atoms with Crippen LogP contribution in [0.2, 0.25) is 0 Å². The van der Waals surface area contributed by atoms with Crippen molar-refractivity contribution in [3.05, 3.63) is 94.1 Å². The van der Waals surface area contributed by atoms with E-state index < -0.39 is 0 Å². The van der Waals surface area contributed by atoms with Crippen molar-refractivity contribution in [2.45, 2.75) is 39.3 Å². The molecule has 0 spiro atoms. The van der Waals surface area contributed by atoms with E-state index in [9.17, 15) is 0 Å². The van der Waals surface area contributed by atoms with Crippen LogP contribution in [0.25, 0.3) is 0 Å². The second kappa shape index (κ2) is 6.69. The van der Waals surface area contributed by atoms with Crippen LogP contribution in [0.3, 0.4) is 0 Å². The molecule has 0 saturated heterocycles. The van der Waals surface area contributed by atoms with E-state index in [0.29, 0.717) is 5.92 Å². The van der Waals surface area contributed by atoms with Gasteiger partial charge in [-0.05, 0) is 56.4 Å². The molecular formula is C23H27P. The molecule has 1 heteroatoms. The molecule has 0 fully saturated rings. The van der Waals surface area contributed by atoms with Crippen molar-refractivity contribution in [3.8, 4) is 0 Å². The highest BCUT2D eigenvalue weighted by Gasteiger charge is 2.36. The topological polar surface area (TPSA) is 0 Å². The minimum Gasteiger partial charge on any atom is -0.122 e. The first-order valence-corrected chi connectivity index (χ1v) is 9.28. The van der Waals surface area contributed by atoms with E-state index in [1.165, 1.54) is 33.4 Å². The van der Waals surface area contributed by atoms with E-state index in [-0.39, 0.29) is 5.16 Å². The van der Waals surface area contributed by atoms with E-state index in [4.69, 9.17) is 0 Å². The fourth-order valence-electron chi connectivity index (χ4n) is 3.94. The summed E-state index contributed by atoms with van der Waals surface area (Å²) in [7, 11) is 3.19. The average molecular weight is 334 g/mol. The Morgan fingerprint density at radius 3 is 1.46 bits per heavy atom. The monoisotopic (exact) mass is 334 g/mol. The Bertz CT molecular complexity index is 718. The maximum absolute atomic E-state index is 3.19. The number of hydrogen-bond donors (Lipinski definition) is 0. The van der Waals surface area contributed by atoms with Crippen LogP contribution in [-0.2, 0) is 5.16 Å². The molecule has 0 saturated carbocycles. The first kappa shape index (κ1) is 17.2. The maximum Gasteiger partial charge on any atom is 0.0353 e. The van der Waals surface area contributed by atoms with Gasteiger partial charge < -0.3 is 0 Å². The van der Waals surface area contributed by atoms with Gasteiger partial charge >= 0.3 is 0 Å². The molecule has 0 bridgehead atoms. The highest BCUT2D eigenvalue weighted by atomic mass is 31.0. The van der Waals surface area contributed by atoms with Gasteiger partial charge in [-0.2, -0.15) is 0 Å². The van der Waals surface area contributed by atoms with Crippen LogP contribution in [0, 0.1) is 5.92 Å². The Morgan fingerprint density at radius 2 is 1.08 bits per heavy atom.